The Morgan fingerprint density at radius 1 is 1.03 bits per heavy atom. The minimum Gasteiger partial charge on any atom is -0.493 e. The van der Waals surface area contributed by atoms with Crippen molar-refractivity contribution in [3.63, 3.8) is 0 Å². The van der Waals surface area contributed by atoms with Gasteiger partial charge in [-0.05, 0) is 54.2 Å². The van der Waals surface area contributed by atoms with Gasteiger partial charge >= 0.3 is 5.97 Å². The number of hydrogen-bond acceptors (Lipinski definition) is 3. The van der Waals surface area contributed by atoms with Crippen LogP contribution in [0.5, 0.6) is 5.75 Å². The van der Waals surface area contributed by atoms with Gasteiger partial charge in [0.1, 0.15) is 11.8 Å². The van der Waals surface area contributed by atoms with Gasteiger partial charge in [-0.1, -0.05) is 74.0 Å². The zero-order valence-corrected chi connectivity index (χ0v) is 20.0. The fourth-order valence-corrected chi connectivity index (χ4v) is 4.69. The van der Waals surface area contributed by atoms with Crippen LogP contribution in [0.4, 0.5) is 0 Å². The highest BCUT2D eigenvalue weighted by atomic mass is 35.5. The molecule has 0 unspecified atom stereocenters. The Labute approximate surface area is 204 Å². The summed E-state index contributed by atoms with van der Waals surface area (Å²) < 4.78 is 6.10. The monoisotopic (exact) mass is 477 g/mol. The Balaban J connectivity index is 1.74. The van der Waals surface area contributed by atoms with Crippen LogP contribution in [-0.4, -0.2) is 34.5 Å². The van der Waals surface area contributed by atoms with Gasteiger partial charge in [-0.2, -0.15) is 0 Å². The topological polar surface area (TPSA) is 66.8 Å². The van der Waals surface area contributed by atoms with Crippen molar-refractivity contribution >= 4 is 23.5 Å². The van der Waals surface area contributed by atoms with Crippen LogP contribution in [0.2, 0.25) is 5.02 Å². The summed E-state index contributed by atoms with van der Waals surface area (Å²) in [6, 6.07) is 21.2. The third kappa shape index (κ3) is 4.95. The van der Waals surface area contributed by atoms with Crippen LogP contribution in [0.3, 0.4) is 0 Å². The Kier molecular flexibility index (Phi) is 7.23. The summed E-state index contributed by atoms with van der Waals surface area (Å²) in [4.78, 5) is 27.3. The number of ether oxygens (including phenoxy) is 1. The van der Waals surface area contributed by atoms with E-state index in [-0.39, 0.29) is 5.91 Å². The first-order valence-corrected chi connectivity index (χ1v) is 11.9. The summed E-state index contributed by atoms with van der Waals surface area (Å²) in [5.74, 6) is -0.447. The molecule has 1 N–H and O–H groups in total. The quantitative estimate of drug-likeness (QED) is 0.423. The van der Waals surface area contributed by atoms with Crippen LogP contribution in [0, 0.1) is 5.92 Å². The smallest absolute Gasteiger partial charge is 0.326 e. The van der Waals surface area contributed by atoms with Gasteiger partial charge in [0, 0.05) is 16.1 Å². The minimum absolute atomic E-state index is 0.308. The lowest BCUT2D eigenvalue weighted by Gasteiger charge is -2.29. The number of hydrogen-bond donors (Lipinski definition) is 1. The van der Waals surface area contributed by atoms with Crippen molar-refractivity contribution in [1.29, 1.82) is 0 Å². The van der Waals surface area contributed by atoms with Gasteiger partial charge in [0.05, 0.1) is 12.6 Å². The van der Waals surface area contributed by atoms with E-state index in [1.54, 1.807) is 18.2 Å². The fraction of sp³-hybridized carbons (Fsp3) is 0.286. The van der Waals surface area contributed by atoms with E-state index >= 15 is 0 Å². The lowest BCUT2D eigenvalue weighted by molar-refractivity contribution is -0.141. The number of carbonyl (C=O) groups excluding carboxylic acids is 1. The molecule has 1 aliphatic rings. The highest BCUT2D eigenvalue weighted by Gasteiger charge is 2.42. The number of halogens is 1. The second-order valence-electron chi connectivity index (χ2n) is 8.96. The van der Waals surface area contributed by atoms with Crippen LogP contribution >= 0.6 is 11.6 Å². The van der Waals surface area contributed by atoms with Gasteiger partial charge in [-0.25, -0.2) is 4.79 Å². The van der Waals surface area contributed by atoms with Crippen LogP contribution in [0.15, 0.2) is 72.8 Å². The number of carboxylic acids is 1. The molecule has 6 heteroatoms. The van der Waals surface area contributed by atoms with E-state index in [0.717, 1.165) is 16.7 Å². The molecule has 1 fully saturated rings. The van der Waals surface area contributed by atoms with Crippen LogP contribution in [0.1, 0.15) is 48.7 Å². The average molecular weight is 478 g/mol. The molecule has 4 rings (SSSR count). The SMILES string of the molecule is CC(C)COc1cc(C(=O)N2[C@@H](c3ccccc3Cl)CC[C@H]2C(=O)O)ccc1-c1ccccc1. The van der Waals surface area contributed by atoms with Gasteiger partial charge in [-0.15, -0.1) is 0 Å². The molecule has 1 heterocycles. The number of amides is 1. The highest BCUT2D eigenvalue weighted by molar-refractivity contribution is 6.31. The van der Waals surface area contributed by atoms with E-state index in [4.69, 9.17) is 16.3 Å². The zero-order chi connectivity index (χ0) is 24.2. The Hall–Kier alpha value is -3.31. The lowest BCUT2D eigenvalue weighted by atomic mass is 10.0. The third-order valence-corrected chi connectivity index (χ3v) is 6.40. The van der Waals surface area contributed by atoms with Crippen LogP contribution in [0.25, 0.3) is 11.1 Å². The number of nitrogens with zero attached hydrogens (tertiary/aromatic N) is 1. The summed E-state index contributed by atoms with van der Waals surface area (Å²) in [5.41, 5.74) is 3.03. The van der Waals surface area contributed by atoms with Crippen LogP contribution in [-0.2, 0) is 4.79 Å². The summed E-state index contributed by atoms with van der Waals surface area (Å²) in [5, 5.41) is 10.4. The molecule has 3 aromatic carbocycles. The van der Waals surface area contributed by atoms with Gasteiger partial charge in [0.15, 0.2) is 0 Å². The standard InChI is InChI=1S/C28H28ClNO4/c1-18(2)17-34-26-16-20(12-13-21(26)19-8-4-3-5-9-19)27(31)30-24(14-15-25(30)28(32)33)22-10-6-7-11-23(22)29/h3-13,16,18,24-25H,14-15,17H2,1-2H3,(H,32,33)/t24-,25+/m1/s1. The van der Waals surface area contributed by atoms with Gasteiger partial charge in [-0.3, -0.25) is 4.79 Å². The van der Waals surface area contributed by atoms with Crippen molar-refractivity contribution in [1.82, 2.24) is 4.90 Å². The Morgan fingerprint density at radius 2 is 1.74 bits per heavy atom. The van der Waals surface area contributed by atoms with E-state index < -0.39 is 18.1 Å². The number of carboxylic acid groups (broad SMARTS) is 1. The van der Waals surface area contributed by atoms with E-state index in [2.05, 4.69) is 13.8 Å². The Bertz CT molecular complexity index is 1180. The molecule has 2 atom stereocenters. The summed E-state index contributed by atoms with van der Waals surface area (Å²) >= 11 is 6.43. The second kappa shape index (κ2) is 10.3. The first-order valence-electron chi connectivity index (χ1n) is 11.5. The largest absolute Gasteiger partial charge is 0.493 e. The maximum absolute atomic E-state index is 13.8. The normalized spacial score (nSPS) is 17.7. The molecule has 0 spiro atoms. The predicted molar refractivity (Wildman–Crippen MR) is 133 cm³/mol. The Morgan fingerprint density at radius 3 is 2.41 bits per heavy atom. The number of benzene rings is 3. The van der Waals surface area contributed by atoms with E-state index in [1.807, 2.05) is 54.6 Å². The first-order chi connectivity index (χ1) is 16.4. The lowest BCUT2D eigenvalue weighted by Crippen LogP contribution is -2.41. The minimum atomic E-state index is -1.01. The van der Waals surface area contributed by atoms with Crippen molar-refractivity contribution in [2.45, 2.75) is 38.8 Å². The molecule has 1 saturated heterocycles. The molecule has 34 heavy (non-hydrogen) atoms. The fourth-order valence-electron chi connectivity index (χ4n) is 4.42. The number of rotatable bonds is 7. The molecule has 5 nitrogen and oxygen atoms in total. The average Bonchev–Trinajstić information content (AvgIpc) is 3.28. The van der Waals surface area contributed by atoms with E-state index in [9.17, 15) is 14.7 Å². The molecule has 1 aliphatic heterocycles. The third-order valence-electron chi connectivity index (χ3n) is 6.05. The maximum atomic E-state index is 13.8. The molecule has 0 bridgehead atoms. The summed E-state index contributed by atoms with van der Waals surface area (Å²) in [6.07, 6.45) is 0.904. The van der Waals surface area contributed by atoms with Crippen molar-refractivity contribution in [2.75, 3.05) is 6.61 Å². The maximum Gasteiger partial charge on any atom is 0.326 e. The van der Waals surface area contributed by atoms with Gasteiger partial charge in [0.25, 0.3) is 5.91 Å². The molecule has 0 saturated carbocycles. The zero-order valence-electron chi connectivity index (χ0n) is 19.3. The highest BCUT2D eigenvalue weighted by Crippen LogP contribution is 2.41. The van der Waals surface area contributed by atoms with Gasteiger partial charge < -0.3 is 14.7 Å². The number of carbonyl (C=O) groups is 2. The van der Waals surface area contributed by atoms with Crippen LogP contribution < -0.4 is 4.74 Å². The molecule has 3 aromatic rings. The first kappa shape index (κ1) is 23.8. The summed E-state index contributed by atoms with van der Waals surface area (Å²) in [6.45, 7) is 4.63. The van der Waals surface area contributed by atoms with Gasteiger partial charge in [0.2, 0.25) is 0 Å². The molecular weight excluding hydrogens is 450 g/mol. The number of likely N-dealkylation sites (tertiary alicyclic amines) is 1. The summed E-state index contributed by atoms with van der Waals surface area (Å²) in [7, 11) is 0. The van der Waals surface area contributed by atoms with E-state index in [0.29, 0.717) is 41.7 Å². The van der Waals surface area contributed by atoms with Crippen molar-refractivity contribution in [3.8, 4) is 16.9 Å². The molecule has 0 aliphatic carbocycles. The molecule has 0 radical (unpaired) electrons. The molecule has 176 valence electrons. The molecule has 0 aromatic heterocycles. The molecule has 1 amide bonds. The predicted octanol–water partition coefficient (Wildman–Crippen LogP) is 6.47. The van der Waals surface area contributed by atoms with Crippen molar-refractivity contribution < 1.29 is 19.4 Å². The molecular formula is C28H28ClNO4. The number of aliphatic carboxylic acids is 1. The van der Waals surface area contributed by atoms with Crippen molar-refractivity contribution in [2.24, 2.45) is 5.92 Å². The second-order valence-corrected chi connectivity index (χ2v) is 9.37. The van der Waals surface area contributed by atoms with Crippen molar-refractivity contribution in [3.05, 3.63) is 88.9 Å². The van der Waals surface area contributed by atoms with E-state index in [1.165, 1.54) is 4.90 Å².